The third-order valence-electron chi connectivity index (χ3n) is 5.53. The average molecular weight is 503 g/mol. The highest BCUT2D eigenvalue weighted by Crippen LogP contribution is 2.37. The van der Waals surface area contributed by atoms with E-state index in [0.717, 1.165) is 42.7 Å². The molecule has 5 rings (SSSR count). The molecular weight excluding hydrogens is 482 g/mol. The molecule has 0 radical (unpaired) electrons. The summed E-state index contributed by atoms with van der Waals surface area (Å²) in [6.45, 7) is 3.32. The Bertz CT molecular complexity index is 1300. The van der Waals surface area contributed by atoms with Crippen LogP contribution in [0.15, 0.2) is 29.4 Å². The van der Waals surface area contributed by atoms with E-state index in [0.29, 0.717) is 23.4 Å². The topological polar surface area (TPSA) is 101 Å². The number of rotatable bonds is 6. The Labute approximate surface area is 193 Å². The van der Waals surface area contributed by atoms with Crippen molar-refractivity contribution in [2.24, 2.45) is 0 Å². The van der Waals surface area contributed by atoms with Gasteiger partial charge in [0.1, 0.15) is 11.3 Å². The van der Waals surface area contributed by atoms with Gasteiger partial charge in [0.15, 0.2) is 10.0 Å². The Morgan fingerprint density at radius 1 is 1.31 bits per heavy atom. The lowest BCUT2D eigenvalue weighted by molar-refractivity contribution is 0.150. The number of imidazole rings is 1. The van der Waals surface area contributed by atoms with Gasteiger partial charge in [0.05, 0.1) is 11.1 Å². The van der Waals surface area contributed by atoms with Crippen LogP contribution in [0.3, 0.4) is 0 Å². The van der Waals surface area contributed by atoms with Gasteiger partial charge < -0.3 is 5.32 Å². The van der Waals surface area contributed by atoms with Gasteiger partial charge in [-0.1, -0.05) is 17.4 Å². The Hall–Kier alpha value is -1.99. The highest BCUT2D eigenvalue weighted by atomic mass is 35.5. The van der Waals surface area contributed by atoms with Crippen molar-refractivity contribution in [3.8, 4) is 10.7 Å². The number of pyridine rings is 1. The van der Waals surface area contributed by atoms with Gasteiger partial charge in [-0.15, -0.1) is 22.6 Å². The molecule has 13 heteroatoms. The minimum absolute atomic E-state index is 0. The molecule has 2 N–H and O–H groups in total. The molecule has 0 spiro atoms. The van der Waals surface area contributed by atoms with E-state index in [1.54, 1.807) is 10.5 Å². The molecule has 0 amide bonds. The number of hydrogen-bond acceptors (Lipinski definition) is 7. The number of sulfonamides is 1. The summed E-state index contributed by atoms with van der Waals surface area (Å²) in [5.74, 6) is 0. The molecule has 1 fully saturated rings. The predicted octanol–water partition coefficient (Wildman–Crippen LogP) is 3.42. The van der Waals surface area contributed by atoms with Crippen LogP contribution in [0.4, 0.5) is 8.78 Å². The molecule has 0 saturated heterocycles. The molecule has 1 aliphatic heterocycles. The highest BCUT2D eigenvalue weighted by molar-refractivity contribution is 7.89. The first-order chi connectivity index (χ1) is 14.8. The maximum absolute atomic E-state index is 13.1. The number of fused-ring (bicyclic) bond motifs is 1. The summed E-state index contributed by atoms with van der Waals surface area (Å²) < 4.78 is 56.7. The second kappa shape index (κ2) is 8.41. The summed E-state index contributed by atoms with van der Waals surface area (Å²) in [6, 6.07) is 1.64. The van der Waals surface area contributed by atoms with Crippen LogP contribution in [0.25, 0.3) is 21.9 Å². The molecule has 32 heavy (non-hydrogen) atoms. The van der Waals surface area contributed by atoms with Crippen LogP contribution in [0, 0.1) is 0 Å². The van der Waals surface area contributed by atoms with E-state index in [2.05, 4.69) is 25.2 Å². The van der Waals surface area contributed by atoms with E-state index in [1.807, 2.05) is 13.0 Å². The molecule has 0 bridgehead atoms. The van der Waals surface area contributed by atoms with E-state index in [4.69, 9.17) is 0 Å². The Balaban J connectivity index is 0.00000245. The summed E-state index contributed by atoms with van der Waals surface area (Å²) >= 11 is 0.766. The van der Waals surface area contributed by atoms with Gasteiger partial charge in [0.2, 0.25) is 10.0 Å². The molecule has 0 unspecified atom stereocenters. The Morgan fingerprint density at radius 3 is 2.72 bits per heavy atom. The number of hydrogen-bond donors (Lipinski definition) is 2. The number of alkyl halides is 2. The summed E-state index contributed by atoms with van der Waals surface area (Å²) in [6.07, 6.45) is 4.58. The fourth-order valence-corrected chi connectivity index (χ4v) is 5.76. The van der Waals surface area contributed by atoms with Crippen molar-refractivity contribution < 1.29 is 17.2 Å². The van der Waals surface area contributed by atoms with Crippen LogP contribution in [0.5, 0.6) is 0 Å². The largest absolute Gasteiger partial charge is 0.313 e. The lowest BCUT2D eigenvalue weighted by Gasteiger charge is -2.18. The SMILES string of the molecule is CC1(NS(=O)(=O)c2cc(C3=CCNCC3)c3ncc(-c4nnc(C(F)F)s4)n3c2)CC1.Cl. The standard InChI is InChI=1S/C19H20F2N6O2S2.ClH/c1-19(4-5-19)26-31(28,29)12-8-13(11-2-6-22-7-3-11)16-23-9-14(27(16)10-12)17-24-25-18(30-17)15(20)21;/h2,8-10,15,22,26H,3-7H2,1H3;1H. The normalized spacial score (nSPS) is 17.9. The molecule has 2 aliphatic rings. The first-order valence-electron chi connectivity index (χ1n) is 9.83. The summed E-state index contributed by atoms with van der Waals surface area (Å²) in [5.41, 5.74) is 2.24. The van der Waals surface area contributed by atoms with Gasteiger partial charge in [-0.2, -0.15) is 0 Å². The maximum atomic E-state index is 13.1. The zero-order chi connectivity index (χ0) is 21.8. The average Bonchev–Trinajstić information content (AvgIpc) is 3.13. The van der Waals surface area contributed by atoms with Gasteiger partial charge in [-0.05, 0) is 44.4 Å². The molecule has 3 aromatic heterocycles. The number of aromatic nitrogens is 4. The second-order valence-electron chi connectivity index (χ2n) is 8.02. The summed E-state index contributed by atoms with van der Waals surface area (Å²) in [7, 11) is -3.79. The van der Waals surface area contributed by atoms with Crippen molar-refractivity contribution in [1.82, 2.24) is 29.6 Å². The van der Waals surface area contributed by atoms with Crippen LogP contribution in [-0.4, -0.2) is 46.6 Å². The number of nitrogens with one attached hydrogen (secondary N) is 2. The first kappa shape index (κ1) is 23.2. The van der Waals surface area contributed by atoms with Crippen LogP contribution in [-0.2, 0) is 10.0 Å². The number of nitrogens with zero attached hydrogens (tertiary/aromatic N) is 4. The third-order valence-corrected chi connectivity index (χ3v) is 8.09. The van der Waals surface area contributed by atoms with Gasteiger partial charge in [0, 0.05) is 23.8 Å². The molecule has 1 saturated carbocycles. The molecule has 4 heterocycles. The maximum Gasteiger partial charge on any atom is 0.291 e. The van der Waals surface area contributed by atoms with E-state index in [-0.39, 0.29) is 22.3 Å². The van der Waals surface area contributed by atoms with Crippen molar-refractivity contribution >= 4 is 45.0 Å². The predicted molar refractivity (Wildman–Crippen MR) is 120 cm³/mol. The van der Waals surface area contributed by atoms with E-state index in [1.165, 1.54) is 12.4 Å². The van der Waals surface area contributed by atoms with Crippen molar-refractivity contribution in [1.29, 1.82) is 0 Å². The minimum Gasteiger partial charge on any atom is -0.313 e. The molecule has 3 aromatic rings. The molecular formula is C19H21ClF2N6O2S2. The zero-order valence-corrected chi connectivity index (χ0v) is 19.5. The number of halogens is 3. The highest BCUT2D eigenvalue weighted by Gasteiger charge is 2.41. The molecule has 8 nitrogen and oxygen atoms in total. The van der Waals surface area contributed by atoms with E-state index < -0.39 is 27.0 Å². The Morgan fingerprint density at radius 2 is 2.09 bits per heavy atom. The zero-order valence-electron chi connectivity index (χ0n) is 17.0. The quantitative estimate of drug-likeness (QED) is 0.535. The molecule has 172 valence electrons. The summed E-state index contributed by atoms with van der Waals surface area (Å²) in [4.78, 5) is 4.57. The van der Waals surface area contributed by atoms with Gasteiger partial charge >= 0.3 is 0 Å². The first-order valence-corrected chi connectivity index (χ1v) is 12.1. The van der Waals surface area contributed by atoms with Crippen molar-refractivity contribution in [2.75, 3.05) is 13.1 Å². The summed E-state index contributed by atoms with van der Waals surface area (Å²) in [5, 5.41) is 10.5. The van der Waals surface area contributed by atoms with Crippen LogP contribution < -0.4 is 10.0 Å². The monoisotopic (exact) mass is 502 g/mol. The van der Waals surface area contributed by atoms with Gasteiger partial charge in [-0.25, -0.2) is 26.9 Å². The lowest BCUT2D eigenvalue weighted by Crippen LogP contribution is -2.34. The molecule has 0 aromatic carbocycles. The van der Waals surface area contributed by atoms with Crippen LogP contribution in [0.2, 0.25) is 0 Å². The lowest BCUT2D eigenvalue weighted by atomic mass is 10.0. The molecule has 1 aliphatic carbocycles. The van der Waals surface area contributed by atoms with Crippen molar-refractivity contribution in [3.05, 3.63) is 35.1 Å². The fourth-order valence-electron chi connectivity index (χ4n) is 3.57. The second-order valence-corrected chi connectivity index (χ2v) is 10.7. The van der Waals surface area contributed by atoms with Crippen LogP contribution >= 0.6 is 23.7 Å². The third kappa shape index (κ3) is 4.29. The van der Waals surface area contributed by atoms with E-state index >= 15 is 0 Å². The van der Waals surface area contributed by atoms with E-state index in [9.17, 15) is 17.2 Å². The fraction of sp³-hybridized carbons (Fsp3) is 0.421. The smallest absolute Gasteiger partial charge is 0.291 e. The molecule has 0 atom stereocenters. The van der Waals surface area contributed by atoms with Crippen molar-refractivity contribution in [3.63, 3.8) is 0 Å². The van der Waals surface area contributed by atoms with Crippen LogP contribution in [0.1, 0.15) is 43.2 Å². The minimum atomic E-state index is -3.79. The van der Waals surface area contributed by atoms with Crippen molar-refractivity contribution in [2.45, 2.75) is 43.0 Å². The van der Waals surface area contributed by atoms with Gasteiger partial charge in [-0.3, -0.25) is 4.40 Å². The van der Waals surface area contributed by atoms with Gasteiger partial charge in [0.25, 0.3) is 6.43 Å². The Kier molecular flexibility index (Phi) is 6.09.